The lowest BCUT2D eigenvalue weighted by molar-refractivity contribution is -0.136. The van der Waals surface area contributed by atoms with Crippen LogP contribution in [0.1, 0.15) is 18.9 Å². The van der Waals surface area contributed by atoms with E-state index in [4.69, 9.17) is 4.74 Å². The molecular formula is C13H12N2O3. The number of nitrogens with zero attached hydrogens (tertiary/aromatic N) is 2. The Hall–Kier alpha value is -2.30. The van der Waals surface area contributed by atoms with Crippen molar-refractivity contribution >= 4 is 23.2 Å². The summed E-state index contributed by atoms with van der Waals surface area (Å²) in [6, 6.07) is 8.90. The first kappa shape index (κ1) is 12.2. The number of hydrogen-bond acceptors (Lipinski definition) is 5. The summed E-state index contributed by atoms with van der Waals surface area (Å²) >= 11 is 0. The van der Waals surface area contributed by atoms with Crippen molar-refractivity contribution in [3.8, 4) is 0 Å². The number of Topliss-reactive ketones (excluding diaryl/α,β-unsaturated/α-hetero) is 1. The van der Waals surface area contributed by atoms with Crippen molar-refractivity contribution in [3.63, 3.8) is 0 Å². The Labute approximate surface area is 104 Å². The highest BCUT2D eigenvalue weighted by Crippen LogP contribution is 2.09. The van der Waals surface area contributed by atoms with Gasteiger partial charge >= 0.3 is 5.97 Å². The second-order valence-corrected chi connectivity index (χ2v) is 3.73. The fourth-order valence-electron chi connectivity index (χ4n) is 1.48. The van der Waals surface area contributed by atoms with Crippen LogP contribution >= 0.6 is 0 Å². The van der Waals surface area contributed by atoms with Gasteiger partial charge in [0.1, 0.15) is 5.71 Å². The van der Waals surface area contributed by atoms with E-state index in [-0.39, 0.29) is 18.0 Å². The third-order valence-electron chi connectivity index (χ3n) is 2.36. The molecule has 92 valence electrons. The van der Waals surface area contributed by atoms with Crippen molar-refractivity contribution in [1.82, 2.24) is 0 Å². The first-order chi connectivity index (χ1) is 8.74. The molecule has 1 aromatic rings. The van der Waals surface area contributed by atoms with Crippen LogP contribution in [0, 0.1) is 0 Å². The van der Waals surface area contributed by atoms with Gasteiger partial charge in [-0.2, -0.15) is 0 Å². The molecule has 2 rings (SSSR count). The van der Waals surface area contributed by atoms with Crippen LogP contribution < -0.4 is 0 Å². The van der Waals surface area contributed by atoms with Crippen molar-refractivity contribution in [3.05, 3.63) is 35.9 Å². The number of ether oxygens (including phenoxy) is 1. The van der Waals surface area contributed by atoms with E-state index in [1.165, 1.54) is 0 Å². The second kappa shape index (κ2) is 5.35. The minimum Gasteiger partial charge on any atom is -0.461 e. The molecule has 1 heterocycles. The smallest absolute Gasteiger partial charge is 0.363 e. The van der Waals surface area contributed by atoms with Crippen LogP contribution in [-0.4, -0.2) is 29.8 Å². The predicted molar refractivity (Wildman–Crippen MR) is 66.7 cm³/mol. The summed E-state index contributed by atoms with van der Waals surface area (Å²) < 4.78 is 4.87. The summed E-state index contributed by atoms with van der Waals surface area (Å²) in [4.78, 5) is 23.5. The standard InChI is InChI=1S/C13H12N2O3/c1-2-8-18-13(17)11-12(16)10(14-15-11)9-6-4-3-5-7-9/h3-7H,2,8H2,1H3. The summed E-state index contributed by atoms with van der Waals surface area (Å²) in [7, 11) is 0. The van der Waals surface area contributed by atoms with Crippen LogP contribution in [0.3, 0.4) is 0 Å². The molecule has 0 N–H and O–H groups in total. The molecule has 0 spiro atoms. The molecule has 0 saturated carbocycles. The van der Waals surface area contributed by atoms with E-state index in [0.29, 0.717) is 12.0 Å². The van der Waals surface area contributed by atoms with Crippen LogP contribution in [0.4, 0.5) is 0 Å². The van der Waals surface area contributed by atoms with Crippen LogP contribution in [0.15, 0.2) is 40.5 Å². The van der Waals surface area contributed by atoms with E-state index < -0.39 is 11.8 Å². The van der Waals surface area contributed by atoms with E-state index in [2.05, 4.69) is 10.2 Å². The fraction of sp³-hybridized carbons (Fsp3) is 0.231. The topological polar surface area (TPSA) is 68.1 Å². The van der Waals surface area contributed by atoms with Gasteiger partial charge in [-0.25, -0.2) is 4.79 Å². The third kappa shape index (κ3) is 2.34. The minimum atomic E-state index is -0.712. The van der Waals surface area contributed by atoms with Gasteiger partial charge in [0.15, 0.2) is 0 Å². The maximum Gasteiger partial charge on any atom is 0.363 e. The van der Waals surface area contributed by atoms with Crippen molar-refractivity contribution in [2.24, 2.45) is 10.2 Å². The summed E-state index contributed by atoms with van der Waals surface area (Å²) in [6.07, 6.45) is 0.694. The molecule has 18 heavy (non-hydrogen) atoms. The van der Waals surface area contributed by atoms with Crippen molar-refractivity contribution in [2.75, 3.05) is 6.61 Å². The van der Waals surface area contributed by atoms with Crippen molar-refractivity contribution in [2.45, 2.75) is 13.3 Å². The van der Waals surface area contributed by atoms with E-state index in [9.17, 15) is 9.59 Å². The molecule has 0 saturated heterocycles. The Morgan fingerprint density at radius 3 is 2.61 bits per heavy atom. The number of carbonyl (C=O) groups is 2. The monoisotopic (exact) mass is 244 g/mol. The van der Waals surface area contributed by atoms with Gasteiger partial charge in [0.2, 0.25) is 11.5 Å². The molecular weight excluding hydrogens is 232 g/mol. The molecule has 0 bridgehead atoms. The predicted octanol–water partition coefficient (Wildman–Crippen LogP) is 1.37. The maximum atomic E-state index is 11.9. The molecule has 1 aromatic carbocycles. The molecule has 0 unspecified atom stereocenters. The number of esters is 1. The van der Waals surface area contributed by atoms with Crippen molar-refractivity contribution in [1.29, 1.82) is 0 Å². The Kier molecular flexibility index (Phi) is 3.62. The lowest BCUT2D eigenvalue weighted by Crippen LogP contribution is -2.29. The first-order valence-corrected chi connectivity index (χ1v) is 5.67. The van der Waals surface area contributed by atoms with Crippen molar-refractivity contribution < 1.29 is 14.3 Å². The maximum absolute atomic E-state index is 11.9. The average Bonchev–Trinajstić information content (AvgIpc) is 2.79. The molecule has 0 aliphatic carbocycles. The molecule has 5 heteroatoms. The Bertz CT molecular complexity index is 532. The largest absolute Gasteiger partial charge is 0.461 e. The number of carbonyl (C=O) groups excluding carboxylic acids is 2. The number of hydrogen-bond donors (Lipinski definition) is 0. The van der Waals surface area contributed by atoms with Crippen LogP contribution in [0.2, 0.25) is 0 Å². The summed E-state index contributed by atoms with van der Waals surface area (Å²) in [5.41, 5.74) is 0.575. The molecule has 0 atom stereocenters. The van der Waals surface area contributed by atoms with Gasteiger partial charge in [-0.05, 0) is 6.42 Å². The Balaban J connectivity index is 2.11. The van der Waals surface area contributed by atoms with E-state index in [1.54, 1.807) is 24.3 Å². The van der Waals surface area contributed by atoms with E-state index in [1.807, 2.05) is 13.0 Å². The zero-order valence-electron chi connectivity index (χ0n) is 9.92. The summed E-state index contributed by atoms with van der Waals surface area (Å²) in [6.45, 7) is 2.14. The van der Waals surface area contributed by atoms with E-state index >= 15 is 0 Å². The van der Waals surface area contributed by atoms with Gasteiger partial charge in [-0.1, -0.05) is 37.3 Å². The number of benzene rings is 1. The molecule has 1 aliphatic heterocycles. The third-order valence-corrected chi connectivity index (χ3v) is 2.36. The van der Waals surface area contributed by atoms with Gasteiger partial charge in [0.05, 0.1) is 6.61 Å². The number of rotatable bonds is 4. The van der Waals surface area contributed by atoms with Crippen LogP contribution in [-0.2, 0) is 14.3 Å². The zero-order chi connectivity index (χ0) is 13.0. The highest BCUT2D eigenvalue weighted by atomic mass is 16.5. The van der Waals surface area contributed by atoms with Gasteiger partial charge in [0, 0.05) is 5.56 Å². The number of ketones is 1. The quantitative estimate of drug-likeness (QED) is 0.751. The summed E-state index contributed by atoms with van der Waals surface area (Å²) in [5, 5.41) is 7.36. The second-order valence-electron chi connectivity index (χ2n) is 3.73. The lowest BCUT2D eigenvalue weighted by atomic mass is 10.0. The first-order valence-electron chi connectivity index (χ1n) is 5.67. The molecule has 0 amide bonds. The lowest BCUT2D eigenvalue weighted by Gasteiger charge is -2.01. The Morgan fingerprint density at radius 2 is 1.94 bits per heavy atom. The van der Waals surface area contributed by atoms with Gasteiger partial charge in [-0.15, -0.1) is 10.2 Å². The molecule has 0 fully saturated rings. The van der Waals surface area contributed by atoms with Gasteiger partial charge < -0.3 is 4.74 Å². The van der Waals surface area contributed by atoms with Crippen LogP contribution in [0.5, 0.6) is 0 Å². The molecule has 0 radical (unpaired) electrons. The highest BCUT2D eigenvalue weighted by Gasteiger charge is 2.31. The molecule has 0 aromatic heterocycles. The Morgan fingerprint density at radius 1 is 1.22 bits per heavy atom. The summed E-state index contributed by atoms with van der Waals surface area (Å²) in [5.74, 6) is -1.20. The average molecular weight is 244 g/mol. The molecule has 5 nitrogen and oxygen atoms in total. The van der Waals surface area contributed by atoms with Gasteiger partial charge in [-0.3, -0.25) is 4.79 Å². The fourth-order valence-corrected chi connectivity index (χ4v) is 1.48. The minimum absolute atomic E-state index is 0.180. The normalized spacial score (nSPS) is 14.2. The SMILES string of the molecule is CCCOC(=O)C1=NN=C(c2ccccc2)C1=O. The van der Waals surface area contributed by atoms with E-state index in [0.717, 1.165) is 0 Å². The zero-order valence-corrected chi connectivity index (χ0v) is 9.92. The van der Waals surface area contributed by atoms with Gasteiger partial charge in [0.25, 0.3) is 0 Å². The molecule has 1 aliphatic rings. The highest BCUT2D eigenvalue weighted by molar-refractivity contribution is 6.82. The van der Waals surface area contributed by atoms with Crippen LogP contribution in [0.25, 0.3) is 0 Å².